The van der Waals surface area contributed by atoms with Crippen LogP contribution in [0.1, 0.15) is 48.8 Å². The van der Waals surface area contributed by atoms with Crippen LogP contribution < -0.4 is 10.3 Å². The Bertz CT molecular complexity index is 1410. The molecule has 0 saturated heterocycles. The van der Waals surface area contributed by atoms with Crippen molar-refractivity contribution in [2.24, 2.45) is 0 Å². The van der Waals surface area contributed by atoms with Gasteiger partial charge in [0, 0.05) is 24.7 Å². The molecule has 10 nitrogen and oxygen atoms in total. The van der Waals surface area contributed by atoms with Gasteiger partial charge in [0.15, 0.2) is 5.82 Å². The summed E-state index contributed by atoms with van der Waals surface area (Å²) in [4.78, 5) is 30.4. The average Bonchev–Trinajstić information content (AvgIpc) is 3.33. The molecular weight excluding hydrogens is 472 g/mol. The number of tetrazole rings is 1. The van der Waals surface area contributed by atoms with Gasteiger partial charge in [-0.25, -0.2) is 4.68 Å². The Kier molecular flexibility index (Phi) is 8.29. The highest BCUT2D eigenvalue weighted by Crippen LogP contribution is 2.27. The Balaban J connectivity index is 1.71. The number of carbonyl (C=O) groups excluding carboxylic acids is 1. The Morgan fingerprint density at radius 2 is 1.89 bits per heavy atom. The molecule has 0 aliphatic carbocycles. The van der Waals surface area contributed by atoms with E-state index in [-0.39, 0.29) is 24.8 Å². The molecule has 0 radical (unpaired) electrons. The van der Waals surface area contributed by atoms with Gasteiger partial charge in [0.25, 0.3) is 5.56 Å². The molecule has 2 aromatic heterocycles. The summed E-state index contributed by atoms with van der Waals surface area (Å²) in [5.74, 6) is 0.818. The van der Waals surface area contributed by atoms with E-state index in [4.69, 9.17) is 9.47 Å². The van der Waals surface area contributed by atoms with Crippen LogP contribution in [0.2, 0.25) is 0 Å². The normalized spacial score (nSPS) is 12.1. The Morgan fingerprint density at radius 3 is 2.59 bits per heavy atom. The van der Waals surface area contributed by atoms with Gasteiger partial charge in [-0.2, -0.15) is 0 Å². The number of fused-ring (bicyclic) bond motifs is 1. The van der Waals surface area contributed by atoms with E-state index >= 15 is 0 Å². The molecule has 2 heterocycles. The summed E-state index contributed by atoms with van der Waals surface area (Å²) < 4.78 is 11.9. The molecule has 0 amide bonds. The Hall–Kier alpha value is -4.05. The predicted molar refractivity (Wildman–Crippen MR) is 139 cm³/mol. The van der Waals surface area contributed by atoms with Crippen molar-refractivity contribution in [2.75, 3.05) is 13.7 Å². The molecule has 4 aromatic rings. The van der Waals surface area contributed by atoms with Crippen LogP contribution in [0.25, 0.3) is 10.9 Å². The van der Waals surface area contributed by atoms with Crippen LogP contribution in [0.15, 0.2) is 53.3 Å². The zero-order chi connectivity index (χ0) is 26.4. The first-order valence-corrected chi connectivity index (χ1v) is 12.3. The van der Waals surface area contributed by atoms with Crippen LogP contribution >= 0.6 is 0 Å². The maximum absolute atomic E-state index is 13.1. The molecule has 194 valence electrons. The van der Waals surface area contributed by atoms with Crippen LogP contribution in [0.4, 0.5) is 0 Å². The summed E-state index contributed by atoms with van der Waals surface area (Å²) in [6.07, 6.45) is 0.664. The lowest BCUT2D eigenvalue weighted by atomic mass is 10.1. The van der Waals surface area contributed by atoms with Crippen LogP contribution in [-0.4, -0.2) is 49.8 Å². The second kappa shape index (κ2) is 11.8. The van der Waals surface area contributed by atoms with E-state index < -0.39 is 5.97 Å². The monoisotopic (exact) mass is 504 g/mol. The minimum atomic E-state index is -0.405. The number of hydrogen-bond acceptors (Lipinski definition) is 8. The average molecular weight is 505 g/mol. The number of aryl methyl sites for hydroxylation is 1. The van der Waals surface area contributed by atoms with Crippen molar-refractivity contribution in [3.05, 3.63) is 81.4 Å². The second-order valence-electron chi connectivity index (χ2n) is 8.89. The van der Waals surface area contributed by atoms with Gasteiger partial charge in [-0.3, -0.25) is 14.5 Å². The number of benzene rings is 2. The van der Waals surface area contributed by atoms with E-state index in [0.717, 1.165) is 10.9 Å². The van der Waals surface area contributed by atoms with E-state index in [1.807, 2.05) is 38.1 Å². The molecule has 1 atom stereocenters. The van der Waals surface area contributed by atoms with Gasteiger partial charge in [0.2, 0.25) is 0 Å². The van der Waals surface area contributed by atoms with Gasteiger partial charge in [-0.15, -0.1) is 5.10 Å². The quantitative estimate of drug-likeness (QED) is 0.308. The van der Waals surface area contributed by atoms with Crippen molar-refractivity contribution in [1.82, 2.24) is 30.1 Å². The topological polar surface area (TPSA) is 115 Å². The van der Waals surface area contributed by atoms with Crippen LogP contribution in [0, 0.1) is 6.92 Å². The first-order chi connectivity index (χ1) is 17.9. The molecule has 0 spiro atoms. The van der Waals surface area contributed by atoms with Crippen molar-refractivity contribution < 1.29 is 14.3 Å². The summed E-state index contributed by atoms with van der Waals surface area (Å²) in [6, 6.07) is 15.5. The zero-order valence-corrected chi connectivity index (χ0v) is 21.6. The highest BCUT2D eigenvalue weighted by molar-refractivity contribution is 5.80. The van der Waals surface area contributed by atoms with Crippen LogP contribution in [-0.2, 0) is 29.2 Å². The molecule has 1 unspecified atom stereocenters. The summed E-state index contributed by atoms with van der Waals surface area (Å²) in [5, 5.41) is 13.0. The highest BCUT2D eigenvalue weighted by Gasteiger charge is 2.27. The number of aromatic amines is 1. The maximum atomic E-state index is 13.1. The van der Waals surface area contributed by atoms with Crippen molar-refractivity contribution in [2.45, 2.75) is 52.9 Å². The lowest BCUT2D eigenvalue weighted by Gasteiger charge is -2.30. The largest absolute Gasteiger partial charge is 0.497 e. The van der Waals surface area contributed by atoms with Gasteiger partial charge in [-0.1, -0.05) is 36.8 Å². The maximum Gasteiger partial charge on any atom is 0.327 e. The molecule has 4 rings (SSSR count). The molecule has 1 N–H and O–H groups in total. The number of rotatable bonds is 11. The molecule has 0 aliphatic heterocycles. The first-order valence-electron chi connectivity index (χ1n) is 12.3. The van der Waals surface area contributed by atoms with Crippen molar-refractivity contribution in [1.29, 1.82) is 0 Å². The number of esters is 1. The predicted octanol–water partition coefficient (Wildman–Crippen LogP) is 3.55. The third-order valence-electron chi connectivity index (χ3n) is 6.28. The minimum Gasteiger partial charge on any atom is -0.497 e. The summed E-state index contributed by atoms with van der Waals surface area (Å²) in [7, 11) is 1.59. The number of nitrogens with one attached hydrogen (secondary N) is 1. The number of ether oxygens (including phenoxy) is 2. The van der Waals surface area contributed by atoms with Crippen molar-refractivity contribution >= 4 is 16.9 Å². The summed E-state index contributed by atoms with van der Waals surface area (Å²) in [6.45, 7) is 6.96. The number of pyridine rings is 1. The molecule has 2 aromatic carbocycles. The van der Waals surface area contributed by atoms with E-state index in [1.54, 1.807) is 14.0 Å². The molecule has 0 aliphatic rings. The van der Waals surface area contributed by atoms with E-state index in [0.29, 0.717) is 42.2 Å². The molecule has 0 saturated carbocycles. The molecule has 0 bridgehead atoms. The number of carbonyl (C=O) groups is 1. The SMILES string of the molecule is CCOC(=O)Cn1nnnc1C(CC)N(Cc1ccc(C)cc1)Cc1cc2ccc(OC)cc2[nH]c1=O. The fraction of sp³-hybridized carbons (Fsp3) is 0.370. The van der Waals surface area contributed by atoms with Crippen LogP contribution in [0.5, 0.6) is 5.75 Å². The van der Waals surface area contributed by atoms with Crippen molar-refractivity contribution in [3.63, 3.8) is 0 Å². The lowest BCUT2D eigenvalue weighted by Crippen LogP contribution is -2.33. The van der Waals surface area contributed by atoms with Gasteiger partial charge >= 0.3 is 5.97 Å². The second-order valence-corrected chi connectivity index (χ2v) is 8.89. The third-order valence-corrected chi connectivity index (χ3v) is 6.28. The van der Waals surface area contributed by atoms with Crippen LogP contribution in [0.3, 0.4) is 0 Å². The number of H-pyrrole nitrogens is 1. The Labute approximate surface area is 215 Å². The standard InChI is InChI=1S/C27H32N6O4/c1-5-24(26-29-30-31-33(26)17-25(34)37-6-2)32(15-19-9-7-18(3)8-10-19)16-21-13-20-11-12-22(36-4)14-23(20)28-27(21)35/h7-14,24H,5-6,15-17H2,1-4H3,(H,28,35). The Morgan fingerprint density at radius 1 is 1.11 bits per heavy atom. The third kappa shape index (κ3) is 6.21. The molecule has 37 heavy (non-hydrogen) atoms. The number of hydrogen-bond donors (Lipinski definition) is 1. The highest BCUT2D eigenvalue weighted by atomic mass is 16.5. The van der Waals surface area contributed by atoms with Gasteiger partial charge in [-0.05, 0) is 59.8 Å². The summed E-state index contributed by atoms with van der Waals surface area (Å²) in [5.41, 5.74) is 3.42. The molecule has 0 fully saturated rings. The number of methoxy groups -OCH3 is 1. The first kappa shape index (κ1) is 26.0. The zero-order valence-electron chi connectivity index (χ0n) is 21.6. The van der Waals surface area contributed by atoms with Crippen molar-refractivity contribution in [3.8, 4) is 5.75 Å². The fourth-order valence-corrected chi connectivity index (χ4v) is 4.39. The molecular formula is C27H32N6O4. The minimum absolute atomic E-state index is 0.0799. The number of aromatic nitrogens is 5. The van der Waals surface area contributed by atoms with Gasteiger partial charge in [0.1, 0.15) is 12.3 Å². The van der Waals surface area contributed by atoms with Gasteiger partial charge in [0.05, 0.1) is 25.3 Å². The van der Waals surface area contributed by atoms with E-state index in [2.05, 4.69) is 49.7 Å². The fourth-order valence-electron chi connectivity index (χ4n) is 4.39. The number of nitrogens with zero attached hydrogens (tertiary/aromatic N) is 5. The lowest BCUT2D eigenvalue weighted by molar-refractivity contribution is -0.144. The smallest absolute Gasteiger partial charge is 0.327 e. The van der Waals surface area contributed by atoms with E-state index in [9.17, 15) is 9.59 Å². The van der Waals surface area contributed by atoms with E-state index in [1.165, 1.54) is 10.2 Å². The molecule has 10 heteroatoms. The van der Waals surface area contributed by atoms with Gasteiger partial charge < -0.3 is 14.5 Å². The summed E-state index contributed by atoms with van der Waals surface area (Å²) >= 11 is 0.